The number of hydrogen-bond acceptors (Lipinski definition) is 6. The van der Waals surface area contributed by atoms with Gasteiger partial charge in [-0.05, 0) is 49.6 Å². The molecule has 0 aromatic heterocycles. The molecule has 0 saturated carbocycles. The highest BCUT2D eigenvalue weighted by Gasteiger charge is 2.33. The third-order valence-electron chi connectivity index (χ3n) is 5.47. The Hall–Kier alpha value is -2.63. The summed E-state index contributed by atoms with van der Waals surface area (Å²) in [5.74, 6) is -0.329. The lowest BCUT2D eigenvalue weighted by Gasteiger charge is -2.30. The molecular weight excluding hydrogens is 466 g/mol. The Balaban J connectivity index is 1.96. The van der Waals surface area contributed by atoms with Crippen molar-refractivity contribution < 1.29 is 26.4 Å². The Morgan fingerprint density at radius 3 is 2.27 bits per heavy atom. The van der Waals surface area contributed by atoms with Crippen LogP contribution in [0.2, 0.25) is 0 Å². The van der Waals surface area contributed by atoms with E-state index in [1.807, 2.05) is 0 Å². The van der Waals surface area contributed by atoms with Crippen molar-refractivity contribution in [2.24, 2.45) is 0 Å². The van der Waals surface area contributed by atoms with E-state index in [1.165, 1.54) is 29.6 Å². The highest BCUT2D eigenvalue weighted by Crippen LogP contribution is 2.31. The van der Waals surface area contributed by atoms with Crippen molar-refractivity contribution >= 4 is 37.3 Å². The van der Waals surface area contributed by atoms with Crippen LogP contribution in [0.4, 0.5) is 11.4 Å². The number of carbonyl (C=O) groups is 1. The number of nitrogens with zero attached hydrogens (tertiary/aromatic N) is 2. The molecule has 1 heterocycles. The number of sulfonamides is 2. The molecule has 2 aromatic rings. The molecule has 33 heavy (non-hydrogen) atoms. The first-order valence-corrected chi connectivity index (χ1v) is 13.9. The normalized spacial score (nSPS) is 15.7. The molecule has 180 valence electrons. The van der Waals surface area contributed by atoms with E-state index in [9.17, 15) is 21.6 Å². The summed E-state index contributed by atoms with van der Waals surface area (Å²) in [4.78, 5) is 13.3. The van der Waals surface area contributed by atoms with Gasteiger partial charge >= 0.3 is 0 Å². The van der Waals surface area contributed by atoms with E-state index in [0.29, 0.717) is 18.8 Å². The van der Waals surface area contributed by atoms with Crippen molar-refractivity contribution in [2.45, 2.75) is 37.1 Å². The van der Waals surface area contributed by atoms with Gasteiger partial charge in [0.1, 0.15) is 11.8 Å². The minimum absolute atomic E-state index is 0.0385. The number of carbonyl (C=O) groups excluding carboxylic acids is 1. The molecule has 0 aliphatic carbocycles. The van der Waals surface area contributed by atoms with E-state index < -0.39 is 32.0 Å². The van der Waals surface area contributed by atoms with Crippen LogP contribution in [0.5, 0.6) is 5.75 Å². The number of ether oxygens (including phenoxy) is 1. The number of anilines is 2. The summed E-state index contributed by atoms with van der Waals surface area (Å²) < 4.78 is 58.9. The highest BCUT2D eigenvalue weighted by molar-refractivity contribution is 7.92. The quantitative estimate of drug-likeness (QED) is 0.572. The minimum atomic E-state index is -3.79. The van der Waals surface area contributed by atoms with Crippen LogP contribution in [0.1, 0.15) is 26.2 Å². The fourth-order valence-corrected chi connectivity index (χ4v) is 6.63. The second kappa shape index (κ2) is 10.1. The lowest BCUT2D eigenvalue weighted by molar-refractivity contribution is -0.117. The maximum atomic E-state index is 13.3. The van der Waals surface area contributed by atoms with Crippen LogP contribution in [0, 0.1) is 0 Å². The lowest BCUT2D eigenvalue weighted by atomic mass is 10.1. The third kappa shape index (κ3) is 5.48. The zero-order chi connectivity index (χ0) is 24.2. The van der Waals surface area contributed by atoms with Crippen molar-refractivity contribution in [3.63, 3.8) is 0 Å². The Kier molecular flexibility index (Phi) is 7.65. The van der Waals surface area contributed by atoms with Gasteiger partial charge in [-0.1, -0.05) is 25.1 Å². The smallest absolute Gasteiger partial charge is 0.248 e. The highest BCUT2D eigenvalue weighted by atomic mass is 32.2. The molecule has 1 N–H and O–H groups in total. The van der Waals surface area contributed by atoms with Crippen LogP contribution in [0.3, 0.4) is 0 Å². The molecule has 0 spiro atoms. The van der Waals surface area contributed by atoms with Crippen LogP contribution >= 0.6 is 0 Å². The summed E-state index contributed by atoms with van der Waals surface area (Å²) in [6.07, 6.45) is 2.84. The molecule has 2 aromatic carbocycles. The second-order valence-electron chi connectivity index (χ2n) is 7.78. The first kappa shape index (κ1) is 25.0. The summed E-state index contributed by atoms with van der Waals surface area (Å²) >= 11 is 0. The molecule has 3 rings (SSSR count). The largest absolute Gasteiger partial charge is 0.495 e. The standard InChI is InChI=1S/C22H29N3O6S2/c1-4-20(25(32(3,27)28)17-10-6-5-7-11-17)22(26)23-19-16-18(12-13-21(19)31-2)33(29,30)24-14-8-9-15-24/h5-7,10-13,16,20H,4,8-9,14-15H2,1-3H3,(H,23,26)/t20-/m1/s1. The summed E-state index contributed by atoms with van der Waals surface area (Å²) in [5, 5.41) is 2.68. The van der Waals surface area contributed by atoms with Crippen molar-refractivity contribution in [3.8, 4) is 5.75 Å². The summed E-state index contributed by atoms with van der Waals surface area (Å²) in [7, 11) is -6.09. The van der Waals surface area contributed by atoms with Crippen LogP contribution in [0.15, 0.2) is 53.4 Å². The number of benzene rings is 2. The molecule has 1 saturated heterocycles. The number of amides is 1. The zero-order valence-corrected chi connectivity index (χ0v) is 20.5. The molecular formula is C22H29N3O6S2. The SMILES string of the molecule is CC[C@H](C(=O)Nc1cc(S(=O)(=O)N2CCCC2)ccc1OC)N(c1ccccc1)S(C)(=O)=O. The third-order valence-corrected chi connectivity index (χ3v) is 8.55. The first-order valence-electron chi connectivity index (χ1n) is 10.6. The van der Waals surface area contributed by atoms with Gasteiger partial charge in [0.2, 0.25) is 26.0 Å². The average molecular weight is 496 g/mol. The van der Waals surface area contributed by atoms with Crippen LogP contribution in [-0.2, 0) is 24.8 Å². The van der Waals surface area contributed by atoms with E-state index in [1.54, 1.807) is 37.3 Å². The molecule has 1 fully saturated rings. The Morgan fingerprint density at radius 1 is 1.09 bits per heavy atom. The maximum Gasteiger partial charge on any atom is 0.248 e. The number of methoxy groups -OCH3 is 1. The maximum absolute atomic E-state index is 13.3. The predicted molar refractivity (Wildman–Crippen MR) is 127 cm³/mol. The summed E-state index contributed by atoms with van der Waals surface area (Å²) in [5.41, 5.74) is 0.516. The van der Waals surface area contributed by atoms with Gasteiger partial charge in [0.25, 0.3) is 0 Å². The number of hydrogen-bond donors (Lipinski definition) is 1. The van der Waals surface area contributed by atoms with Crippen LogP contribution in [0.25, 0.3) is 0 Å². The van der Waals surface area contributed by atoms with Crippen LogP contribution in [-0.4, -0.2) is 59.5 Å². The summed E-state index contributed by atoms with van der Waals surface area (Å²) in [6.45, 7) is 2.61. The fourth-order valence-electron chi connectivity index (χ4n) is 3.87. The molecule has 0 unspecified atom stereocenters. The lowest BCUT2D eigenvalue weighted by Crippen LogP contribution is -2.47. The molecule has 11 heteroatoms. The predicted octanol–water partition coefficient (Wildman–Crippen LogP) is 2.66. The molecule has 0 radical (unpaired) electrons. The summed E-state index contributed by atoms with van der Waals surface area (Å²) in [6, 6.07) is 11.6. The van der Waals surface area contributed by atoms with Gasteiger partial charge in [-0.15, -0.1) is 0 Å². The van der Waals surface area contributed by atoms with Gasteiger partial charge in [-0.25, -0.2) is 16.8 Å². The molecule has 1 aliphatic heterocycles. The zero-order valence-electron chi connectivity index (χ0n) is 18.9. The fraction of sp³-hybridized carbons (Fsp3) is 0.409. The van der Waals surface area contributed by atoms with Gasteiger partial charge in [-0.2, -0.15) is 4.31 Å². The van der Waals surface area contributed by atoms with E-state index >= 15 is 0 Å². The number of para-hydroxylation sites is 1. The van der Waals surface area contributed by atoms with E-state index in [0.717, 1.165) is 23.4 Å². The Morgan fingerprint density at radius 2 is 1.73 bits per heavy atom. The Bertz CT molecular complexity index is 1190. The van der Waals surface area contributed by atoms with Crippen molar-refractivity contribution in [2.75, 3.05) is 36.1 Å². The second-order valence-corrected chi connectivity index (χ2v) is 11.6. The first-order chi connectivity index (χ1) is 15.6. The molecule has 1 atom stereocenters. The number of rotatable bonds is 9. The minimum Gasteiger partial charge on any atom is -0.495 e. The van der Waals surface area contributed by atoms with Gasteiger partial charge in [0.15, 0.2) is 0 Å². The molecule has 0 bridgehead atoms. The topological polar surface area (TPSA) is 113 Å². The molecule has 1 aliphatic rings. The van der Waals surface area contributed by atoms with Crippen LogP contribution < -0.4 is 14.4 Å². The number of nitrogens with one attached hydrogen (secondary N) is 1. The van der Waals surface area contributed by atoms with E-state index in [2.05, 4.69) is 5.32 Å². The Labute approximate surface area is 195 Å². The average Bonchev–Trinajstić information content (AvgIpc) is 3.33. The van der Waals surface area contributed by atoms with Crippen molar-refractivity contribution in [1.29, 1.82) is 0 Å². The molecule has 1 amide bonds. The van der Waals surface area contributed by atoms with Gasteiger partial charge in [0, 0.05) is 13.1 Å². The van der Waals surface area contributed by atoms with Gasteiger partial charge in [-0.3, -0.25) is 9.10 Å². The van der Waals surface area contributed by atoms with Crippen molar-refractivity contribution in [3.05, 3.63) is 48.5 Å². The molecule has 9 nitrogen and oxygen atoms in total. The van der Waals surface area contributed by atoms with E-state index in [-0.39, 0.29) is 22.8 Å². The van der Waals surface area contributed by atoms with Gasteiger partial charge < -0.3 is 10.1 Å². The van der Waals surface area contributed by atoms with Crippen molar-refractivity contribution in [1.82, 2.24) is 4.31 Å². The van der Waals surface area contributed by atoms with E-state index in [4.69, 9.17) is 4.74 Å². The van der Waals surface area contributed by atoms with Gasteiger partial charge in [0.05, 0.1) is 29.6 Å². The monoisotopic (exact) mass is 495 g/mol.